The maximum atomic E-state index is 13.0. The largest absolute Gasteiger partial charge is 0.360 e. The number of benzene rings is 1. The summed E-state index contributed by atoms with van der Waals surface area (Å²) in [4.78, 5) is 2.06. The van der Waals surface area contributed by atoms with Gasteiger partial charge in [-0.3, -0.25) is 0 Å². The Labute approximate surface area is 114 Å². The molecule has 0 fully saturated rings. The molecule has 0 spiro atoms. The van der Waals surface area contributed by atoms with Crippen molar-refractivity contribution in [3.8, 4) is 0 Å². The lowest BCUT2D eigenvalue weighted by Crippen LogP contribution is -2.60. The smallest absolute Gasteiger partial charge is 0.180 e. The van der Waals surface area contributed by atoms with Gasteiger partial charge in [-0.05, 0) is 38.1 Å². The number of nitrogens with zero attached hydrogens (tertiary/aromatic N) is 1. The van der Waals surface area contributed by atoms with Gasteiger partial charge < -0.3 is 20.1 Å². The number of anilines is 1. The Morgan fingerprint density at radius 2 is 1.79 bits per heavy atom. The molecule has 1 aromatic carbocycles. The zero-order valence-corrected chi connectivity index (χ0v) is 12.0. The summed E-state index contributed by atoms with van der Waals surface area (Å²) in [6.07, 6.45) is -0.470. The summed E-state index contributed by atoms with van der Waals surface area (Å²) in [7, 11) is 3.17. The predicted octanol–water partition coefficient (Wildman–Crippen LogP) is 1.99. The van der Waals surface area contributed by atoms with Gasteiger partial charge in [0, 0.05) is 33.0 Å². The van der Waals surface area contributed by atoms with Crippen molar-refractivity contribution in [2.45, 2.75) is 25.7 Å². The molecule has 0 amide bonds. The highest BCUT2D eigenvalue weighted by Crippen LogP contribution is 2.28. The molecule has 4 nitrogen and oxygen atoms in total. The Morgan fingerprint density at radius 3 is 2.16 bits per heavy atom. The van der Waals surface area contributed by atoms with Crippen molar-refractivity contribution in [3.05, 3.63) is 30.1 Å². The van der Waals surface area contributed by atoms with Crippen LogP contribution in [0.5, 0.6) is 0 Å². The first kappa shape index (κ1) is 15.9. The summed E-state index contributed by atoms with van der Waals surface area (Å²) in [6, 6.07) is 6.33. The average Bonchev–Trinajstić information content (AvgIpc) is 2.43. The van der Waals surface area contributed by atoms with E-state index in [1.807, 2.05) is 13.8 Å². The number of nitrogens with two attached hydrogens (primary N) is 1. The Kier molecular flexibility index (Phi) is 5.72. The fourth-order valence-electron chi connectivity index (χ4n) is 2.40. The lowest BCUT2D eigenvalue weighted by molar-refractivity contribution is -0.141. The molecule has 0 heterocycles. The standard InChI is InChI=1S/C14H23FN2O2/c1-5-17(12-8-6-11(15)7-9-12)14(2,10-16)13(18-3)19-4/h6-9,13H,5,10,16H2,1-4H3. The van der Waals surface area contributed by atoms with Crippen LogP contribution in [0.3, 0.4) is 0 Å². The molecule has 1 atom stereocenters. The van der Waals surface area contributed by atoms with Gasteiger partial charge in [-0.25, -0.2) is 4.39 Å². The molecule has 1 unspecified atom stereocenters. The van der Waals surface area contributed by atoms with E-state index < -0.39 is 11.8 Å². The van der Waals surface area contributed by atoms with Crippen molar-refractivity contribution in [1.82, 2.24) is 0 Å². The van der Waals surface area contributed by atoms with E-state index in [4.69, 9.17) is 15.2 Å². The van der Waals surface area contributed by atoms with Crippen molar-refractivity contribution < 1.29 is 13.9 Å². The maximum absolute atomic E-state index is 13.0. The molecule has 0 aliphatic rings. The van der Waals surface area contributed by atoms with Crippen molar-refractivity contribution in [1.29, 1.82) is 0 Å². The van der Waals surface area contributed by atoms with Crippen LogP contribution in [0.1, 0.15) is 13.8 Å². The minimum Gasteiger partial charge on any atom is -0.360 e. The highest BCUT2D eigenvalue weighted by Gasteiger charge is 2.39. The second-order valence-electron chi connectivity index (χ2n) is 4.59. The van der Waals surface area contributed by atoms with E-state index in [1.165, 1.54) is 12.1 Å². The number of hydrogen-bond acceptors (Lipinski definition) is 4. The van der Waals surface area contributed by atoms with Crippen molar-refractivity contribution >= 4 is 5.69 Å². The molecule has 1 rings (SSSR count). The van der Waals surface area contributed by atoms with Crippen LogP contribution in [0.25, 0.3) is 0 Å². The van der Waals surface area contributed by atoms with Crippen molar-refractivity contribution in [3.63, 3.8) is 0 Å². The van der Waals surface area contributed by atoms with Gasteiger partial charge in [0.25, 0.3) is 0 Å². The molecule has 0 bridgehead atoms. The number of ether oxygens (including phenoxy) is 2. The van der Waals surface area contributed by atoms with Crippen molar-refractivity contribution in [2.75, 3.05) is 32.2 Å². The van der Waals surface area contributed by atoms with Gasteiger partial charge in [-0.15, -0.1) is 0 Å². The molecular formula is C14H23FN2O2. The number of hydrogen-bond donors (Lipinski definition) is 1. The summed E-state index contributed by atoms with van der Waals surface area (Å²) < 4.78 is 23.8. The molecule has 0 aromatic heterocycles. The van der Waals surface area contributed by atoms with Crippen LogP contribution in [-0.4, -0.2) is 39.1 Å². The van der Waals surface area contributed by atoms with Gasteiger partial charge in [0.15, 0.2) is 6.29 Å². The van der Waals surface area contributed by atoms with Gasteiger partial charge in [-0.2, -0.15) is 0 Å². The number of rotatable bonds is 7. The summed E-state index contributed by atoms with van der Waals surface area (Å²) in [5.41, 5.74) is 6.28. The van der Waals surface area contributed by atoms with E-state index in [0.717, 1.165) is 5.69 Å². The molecule has 5 heteroatoms. The zero-order valence-electron chi connectivity index (χ0n) is 12.0. The fourth-order valence-corrected chi connectivity index (χ4v) is 2.40. The minimum atomic E-state index is -0.532. The number of halogens is 1. The maximum Gasteiger partial charge on any atom is 0.180 e. The number of likely N-dealkylation sites (N-methyl/N-ethyl adjacent to an activating group) is 1. The van der Waals surface area contributed by atoms with Gasteiger partial charge in [0.1, 0.15) is 11.4 Å². The second kappa shape index (κ2) is 6.84. The van der Waals surface area contributed by atoms with Gasteiger partial charge in [0.2, 0.25) is 0 Å². The van der Waals surface area contributed by atoms with E-state index in [1.54, 1.807) is 26.4 Å². The van der Waals surface area contributed by atoms with Crippen molar-refractivity contribution in [2.24, 2.45) is 5.73 Å². The van der Waals surface area contributed by atoms with E-state index in [2.05, 4.69) is 4.90 Å². The van der Waals surface area contributed by atoms with Crippen LogP contribution < -0.4 is 10.6 Å². The second-order valence-corrected chi connectivity index (χ2v) is 4.59. The fraction of sp³-hybridized carbons (Fsp3) is 0.571. The van der Waals surface area contributed by atoms with Gasteiger partial charge in [0.05, 0.1) is 0 Å². The van der Waals surface area contributed by atoms with E-state index >= 15 is 0 Å². The highest BCUT2D eigenvalue weighted by atomic mass is 19.1. The molecule has 19 heavy (non-hydrogen) atoms. The third-order valence-corrected chi connectivity index (χ3v) is 3.42. The van der Waals surface area contributed by atoms with Crippen LogP contribution in [-0.2, 0) is 9.47 Å². The summed E-state index contributed by atoms with van der Waals surface area (Å²) in [6.45, 7) is 5.05. The molecule has 2 N–H and O–H groups in total. The van der Waals surface area contributed by atoms with E-state index in [9.17, 15) is 4.39 Å². The monoisotopic (exact) mass is 270 g/mol. The first-order valence-electron chi connectivity index (χ1n) is 6.32. The molecule has 0 radical (unpaired) electrons. The van der Waals surface area contributed by atoms with Gasteiger partial charge in [-0.1, -0.05) is 0 Å². The third-order valence-electron chi connectivity index (χ3n) is 3.42. The Morgan fingerprint density at radius 1 is 1.26 bits per heavy atom. The molecule has 0 aliphatic carbocycles. The molecule has 0 saturated heterocycles. The lowest BCUT2D eigenvalue weighted by atomic mass is 9.97. The van der Waals surface area contributed by atoms with Crippen LogP contribution in [0.15, 0.2) is 24.3 Å². The zero-order chi connectivity index (χ0) is 14.5. The molecule has 0 aliphatic heterocycles. The lowest BCUT2D eigenvalue weighted by Gasteiger charge is -2.45. The first-order valence-corrected chi connectivity index (χ1v) is 6.32. The predicted molar refractivity (Wildman–Crippen MR) is 74.7 cm³/mol. The summed E-state index contributed by atoms with van der Waals surface area (Å²) in [5.74, 6) is -0.260. The normalized spacial score (nSPS) is 14.5. The van der Waals surface area contributed by atoms with Gasteiger partial charge >= 0.3 is 0 Å². The summed E-state index contributed by atoms with van der Waals surface area (Å²) >= 11 is 0. The molecular weight excluding hydrogens is 247 g/mol. The topological polar surface area (TPSA) is 47.7 Å². The van der Waals surface area contributed by atoms with Crippen LogP contribution in [0, 0.1) is 5.82 Å². The minimum absolute atomic E-state index is 0.260. The van der Waals surface area contributed by atoms with E-state index in [0.29, 0.717) is 13.1 Å². The third kappa shape index (κ3) is 3.23. The van der Waals surface area contributed by atoms with Crippen LogP contribution in [0.4, 0.5) is 10.1 Å². The first-order chi connectivity index (χ1) is 9.03. The quantitative estimate of drug-likeness (QED) is 0.770. The molecule has 0 saturated carbocycles. The average molecular weight is 270 g/mol. The van der Waals surface area contributed by atoms with E-state index in [-0.39, 0.29) is 5.82 Å². The van der Waals surface area contributed by atoms with Crippen LogP contribution >= 0.6 is 0 Å². The Bertz CT molecular complexity index is 382. The number of methoxy groups -OCH3 is 2. The Balaban J connectivity index is 3.14. The summed E-state index contributed by atoms with van der Waals surface area (Å²) in [5, 5.41) is 0. The highest BCUT2D eigenvalue weighted by molar-refractivity contribution is 5.49. The van der Waals surface area contributed by atoms with Crippen LogP contribution in [0.2, 0.25) is 0 Å². The Hall–Kier alpha value is -1.17. The molecule has 1 aromatic rings. The SMILES string of the molecule is CCN(c1ccc(F)cc1)C(C)(CN)C(OC)OC. The molecule has 108 valence electrons.